The largest absolute Gasteiger partial charge is 0.381 e. The van der Waals surface area contributed by atoms with E-state index in [-0.39, 0.29) is 11.8 Å². The summed E-state index contributed by atoms with van der Waals surface area (Å²) in [6.45, 7) is 1.32. The Morgan fingerprint density at radius 2 is 2.06 bits per heavy atom. The van der Waals surface area contributed by atoms with Crippen molar-refractivity contribution in [2.24, 2.45) is 5.92 Å². The first-order valence-corrected chi connectivity index (χ1v) is 6.78. The molecule has 96 valence electrons. The number of carbonyl (C=O) groups excluding carboxylic acids is 1. The molecule has 1 N–H and O–H groups in total. The minimum Gasteiger partial charge on any atom is -0.381 e. The molecule has 1 aromatic rings. The first-order valence-electron chi connectivity index (χ1n) is 6.78. The lowest BCUT2D eigenvalue weighted by Crippen LogP contribution is -2.42. The zero-order valence-corrected chi connectivity index (χ0v) is 10.5. The zero-order chi connectivity index (χ0) is 12.4. The Labute approximate surface area is 108 Å². The van der Waals surface area contributed by atoms with Crippen molar-refractivity contribution >= 4 is 5.91 Å². The molecule has 1 aromatic carbocycles. The average Bonchev–Trinajstić information content (AvgIpc) is 2.92. The number of nitrogens with one attached hydrogen (secondary N) is 1. The summed E-state index contributed by atoms with van der Waals surface area (Å²) in [6, 6.07) is 8.83. The van der Waals surface area contributed by atoms with Gasteiger partial charge in [0.1, 0.15) is 0 Å². The zero-order valence-electron chi connectivity index (χ0n) is 10.5. The molecule has 1 heterocycles. The first-order chi connectivity index (χ1) is 8.83. The van der Waals surface area contributed by atoms with Crippen LogP contribution in [0, 0.1) is 5.92 Å². The van der Waals surface area contributed by atoms with Crippen LogP contribution in [0.1, 0.15) is 24.0 Å². The molecular weight excluding hydrogens is 226 g/mol. The molecule has 18 heavy (non-hydrogen) atoms. The number of fused-ring (bicyclic) bond motifs is 1. The number of amides is 1. The Morgan fingerprint density at radius 1 is 1.22 bits per heavy atom. The van der Waals surface area contributed by atoms with Gasteiger partial charge in [-0.3, -0.25) is 4.79 Å². The van der Waals surface area contributed by atoms with Crippen LogP contribution >= 0.6 is 0 Å². The van der Waals surface area contributed by atoms with E-state index in [4.69, 9.17) is 4.74 Å². The number of ether oxygens (including phenoxy) is 1. The van der Waals surface area contributed by atoms with Gasteiger partial charge in [0.25, 0.3) is 0 Å². The van der Waals surface area contributed by atoms with Gasteiger partial charge in [-0.1, -0.05) is 24.3 Å². The topological polar surface area (TPSA) is 38.3 Å². The lowest BCUT2D eigenvalue weighted by Gasteiger charge is -2.26. The maximum atomic E-state index is 12.0. The highest BCUT2D eigenvalue weighted by atomic mass is 16.5. The fourth-order valence-electron chi connectivity index (χ4n) is 2.88. The summed E-state index contributed by atoms with van der Waals surface area (Å²) < 4.78 is 5.26. The molecule has 2 unspecified atom stereocenters. The summed E-state index contributed by atoms with van der Waals surface area (Å²) in [6.07, 6.45) is 3.96. The molecule has 0 bridgehead atoms. The van der Waals surface area contributed by atoms with Crippen molar-refractivity contribution in [1.82, 2.24) is 5.32 Å². The molecule has 3 heteroatoms. The van der Waals surface area contributed by atoms with E-state index < -0.39 is 0 Å². The van der Waals surface area contributed by atoms with E-state index in [0.717, 1.165) is 32.3 Å². The summed E-state index contributed by atoms with van der Waals surface area (Å²) in [4.78, 5) is 12.0. The van der Waals surface area contributed by atoms with Crippen LogP contribution in [0.15, 0.2) is 24.3 Å². The Balaban J connectivity index is 1.60. The molecule has 0 spiro atoms. The SMILES string of the molecule is O=C(NC1CCc2ccccc2C1)C1CCOC1. The second-order valence-corrected chi connectivity index (χ2v) is 5.28. The van der Waals surface area contributed by atoms with Crippen LogP contribution in [0.25, 0.3) is 0 Å². The van der Waals surface area contributed by atoms with Crippen molar-refractivity contribution < 1.29 is 9.53 Å². The second-order valence-electron chi connectivity index (χ2n) is 5.28. The van der Waals surface area contributed by atoms with E-state index in [0.29, 0.717) is 12.6 Å². The van der Waals surface area contributed by atoms with Gasteiger partial charge in [-0.2, -0.15) is 0 Å². The molecule has 0 aromatic heterocycles. The standard InChI is InChI=1S/C15H19NO2/c17-15(13-7-8-18-10-13)16-14-6-5-11-3-1-2-4-12(11)9-14/h1-4,13-14H,5-10H2,(H,16,17). The maximum absolute atomic E-state index is 12.0. The van der Waals surface area contributed by atoms with Crippen LogP contribution < -0.4 is 5.32 Å². The molecule has 2 aliphatic rings. The number of hydrogen-bond donors (Lipinski definition) is 1. The fraction of sp³-hybridized carbons (Fsp3) is 0.533. The van der Waals surface area contributed by atoms with Crippen molar-refractivity contribution in [3.63, 3.8) is 0 Å². The van der Waals surface area contributed by atoms with E-state index in [1.807, 2.05) is 0 Å². The lowest BCUT2D eigenvalue weighted by molar-refractivity contribution is -0.125. The van der Waals surface area contributed by atoms with Crippen molar-refractivity contribution in [3.05, 3.63) is 35.4 Å². The van der Waals surface area contributed by atoms with E-state index in [1.165, 1.54) is 11.1 Å². The maximum Gasteiger partial charge on any atom is 0.225 e. The van der Waals surface area contributed by atoms with Gasteiger partial charge in [-0.25, -0.2) is 0 Å². The third kappa shape index (κ3) is 2.41. The first kappa shape index (κ1) is 11.7. The normalized spacial score (nSPS) is 26.7. The van der Waals surface area contributed by atoms with Crippen molar-refractivity contribution in [2.45, 2.75) is 31.7 Å². The number of rotatable bonds is 2. The molecule has 1 aliphatic carbocycles. The molecular formula is C15H19NO2. The third-order valence-electron chi connectivity index (χ3n) is 3.99. The molecule has 0 radical (unpaired) electrons. The van der Waals surface area contributed by atoms with Gasteiger partial charge in [-0.05, 0) is 36.8 Å². The molecule has 1 amide bonds. The van der Waals surface area contributed by atoms with Crippen LogP contribution in [-0.2, 0) is 22.4 Å². The number of aryl methyl sites for hydroxylation is 1. The van der Waals surface area contributed by atoms with Crippen LogP contribution in [0.5, 0.6) is 0 Å². The minimum absolute atomic E-state index is 0.0715. The van der Waals surface area contributed by atoms with Gasteiger partial charge in [-0.15, -0.1) is 0 Å². The molecule has 1 fully saturated rings. The van der Waals surface area contributed by atoms with Gasteiger partial charge in [0.2, 0.25) is 5.91 Å². The molecule has 1 aliphatic heterocycles. The van der Waals surface area contributed by atoms with E-state index in [1.54, 1.807) is 0 Å². The van der Waals surface area contributed by atoms with Gasteiger partial charge < -0.3 is 10.1 Å². The second kappa shape index (κ2) is 5.11. The molecule has 2 atom stereocenters. The highest BCUT2D eigenvalue weighted by Gasteiger charge is 2.26. The summed E-state index contributed by atoms with van der Waals surface area (Å²) >= 11 is 0. The highest BCUT2D eigenvalue weighted by Crippen LogP contribution is 2.22. The summed E-state index contributed by atoms with van der Waals surface area (Å²) in [5, 5.41) is 3.18. The molecule has 3 nitrogen and oxygen atoms in total. The van der Waals surface area contributed by atoms with Crippen LogP contribution in [0.3, 0.4) is 0 Å². The minimum atomic E-state index is 0.0715. The average molecular weight is 245 g/mol. The van der Waals surface area contributed by atoms with E-state index in [2.05, 4.69) is 29.6 Å². The highest BCUT2D eigenvalue weighted by molar-refractivity contribution is 5.79. The third-order valence-corrected chi connectivity index (χ3v) is 3.99. The summed E-state index contributed by atoms with van der Waals surface area (Å²) in [5.74, 6) is 0.249. The van der Waals surface area contributed by atoms with Gasteiger partial charge >= 0.3 is 0 Å². The number of hydrogen-bond acceptors (Lipinski definition) is 2. The predicted molar refractivity (Wildman–Crippen MR) is 69.3 cm³/mol. The Bertz CT molecular complexity index is 438. The van der Waals surface area contributed by atoms with Crippen LogP contribution in [0.2, 0.25) is 0 Å². The smallest absolute Gasteiger partial charge is 0.225 e. The van der Waals surface area contributed by atoms with Crippen LogP contribution in [-0.4, -0.2) is 25.2 Å². The fourth-order valence-corrected chi connectivity index (χ4v) is 2.88. The number of benzene rings is 1. The van der Waals surface area contributed by atoms with Gasteiger partial charge in [0.15, 0.2) is 0 Å². The molecule has 0 saturated carbocycles. The predicted octanol–water partition coefficient (Wildman–Crippen LogP) is 1.70. The lowest BCUT2D eigenvalue weighted by atomic mass is 9.88. The summed E-state index contributed by atoms with van der Waals surface area (Å²) in [5.41, 5.74) is 2.82. The molecule has 3 rings (SSSR count). The van der Waals surface area contributed by atoms with Crippen molar-refractivity contribution in [3.8, 4) is 0 Å². The van der Waals surface area contributed by atoms with Gasteiger partial charge in [0.05, 0.1) is 12.5 Å². The number of carbonyl (C=O) groups is 1. The Morgan fingerprint density at radius 3 is 2.83 bits per heavy atom. The van der Waals surface area contributed by atoms with Gasteiger partial charge in [0, 0.05) is 12.6 Å². The Kier molecular flexibility index (Phi) is 3.33. The van der Waals surface area contributed by atoms with Crippen LogP contribution in [0.4, 0.5) is 0 Å². The molecule has 1 saturated heterocycles. The Hall–Kier alpha value is -1.35. The van der Waals surface area contributed by atoms with E-state index >= 15 is 0 Å². The summed E-state index contributed by atoms with van der Waals surface area (Å²) in [7, 11) is 0. The van der Waals surface area contributed by atoms with Crippen molar-refractivity contribution in [2.75, 3.05) is 13.2 Å². The quantitative estimate of drug-likeness (QED) is 0.861. The van der Waals surface area contributed by atoms with Crippen molar-refractivity contribution in [1.29, 1.82) is 0 Å². The monoisotopic (exact) mass is 245 g/mol. The van der Waals surface area contributed by atoms with E-state index in [9.17, 15) is 4.79 Å².